The topological polar surface area (TPSA) is 147 Å². The molecule has 164 valence electrons. The Morgan fingerprint density at radius 3 is 2.72 bits per heavy atom. The van der Waals surface area contributed by atoms with E-state index in [-0.39, 0.29) is 27.8 Å². The summed E-state index contributed by atoms with van der Waals surface area (Å²) >= 11 is 2.24. The number of ether oxygens (including phenoxy) is 2. The standard InChI is InChI=1S/C20H16N4O6S2/c21-19(26)12-2-4-17(14(7-12)24(27)28)31-10-18(25)23-20-22-13(9-32-20)11-1-3-15-16(8-11)30-6-5-29-15/h1-4,7-9H,5-6,10H2,(H2,21,26)(H,22,23,25). The molecule has 0 spiro atoms. The molecule has 0 unspecified atom stereocenters. The van der Waals surface area contributed by atoms with Crippen LogP contribution in [0.4, 0.5) is 10.8 Å². The summed E-state index contributed by atoms with van der Waals surface area (Å²) in [5.74, 6) is 0.119. The number of nitrogens with one attached hydrogen (secondary N) is 1. The van der Waals surface area contributed by atoms with Crippen LogP contribution in [-0.2, 0) is 4.79 Å². The number of hydrogen-bond donors (Lipinski definition) is 2. The van der Waals surface area contributed by atoms with Gasteiger partial charge in [-0.2, -0.15) is 0 Å². The molecule has 2 aromatic carbocycles. The summed E-state index contributed by atoms with van der Waals surface area (Å²) in [6, 6.07) is 9.39. The van der Waals surface area contributed by atoms with E-state index in [0.717, 1.165) is 23.4 Å². The summed E-state index contributed by atoms with van der Waals surface area (Å²) < 4.78 is 11.1. The Morgan fingerprint density at radius 2 is 1.97 bits per heavy atom. The van der Waals surface area contributed by atoms with Crippen LogP contribution in [0.2, 0.25) is 0 Å². The molecule has 0 fully saturated rings. The summed E-state index contributed by atoms with van der Waals surface area (Å²) in [7, 11) is 0. The number of nitrogens with zero attached hydrogens (tertiary/aromatic N) is 2. The van der Waals surface area contributed by atoms with Crippen molar-refractivity contribution in [1.82, 2.24) is 4.98 Å². The highest BCUT2D eigenvalue weighted by atomic mass is 32.2. The Morgan fingerprint density at radius 1 is 1.19 bits per heavy atom. The lowest BCUT2D eigenvalue weighted by Crippen LogP contribution is -2.15. The van der Waals surface area contributed by atoms with Crippen molar-refractivity contribution in [2.45, 2.75) is 4.90 Å². The third-order valence-corrected chi connectivity index (χ3v) is 6.21. The van der Waals surface area contributed by atoms with Crippen LogP contribution >= 0.6 is 23.1 Å². The third-order valence-electron chi connectivity index (χ3n) is 4.39. The van der Waals surface area contributed by atoms with Crippen molar-refractivity contribution in [2.24, 2.45) is 5.73 Å². The molecule has 12 heteroatoms. The molecule has 0 atom stereocenters. The minimum atomic E-state index is -0.764. The zero-order valence-corrected chi connectivity index (χ0v) is 18.0. The highest BCUT2D eigenvalue weighted by molar-refractivity contribution is 8.00. The first kappa shape index (κ1) is 21.6. The molecular weight excluding hydrogens is 456 g/mol. The smallest absolute Gasteiger partial charge is 0.283 e. The first-order valence-corrected chi connectivity index (χ1v) is 11.1. The first-order valence-electron chi connectivity index (χ1n) is 9.27. The Balaban J connectivity index is 1.40. The highest BCUT2D eigenvalue weighted by Gasteiger charge is 2.19. The number of nitro groups is 1. The van der Waals surface area contributed by atoms with Gasteiger partial charge < -0.3 is 20.5 Å². The largest absolute Gasteiger partial charge is 0.486 e. The summed E-state index contributed by atoms with van der Waals surface area (Å²) in [4.78, 5) is 38.9. The van der Waals surface area contributed by atoms with Crippen LogP contribution in [0.25, 0.3) is 11.3 Å². The number of fused-ring (bicyclic) bond motifs is 1. The number of carbonyl (C=O) groups excluding carboxylic acids is 2. The van der Waals surface area contributed by atoms with Gasteiger partial charge in [-0.3, -0.25) is 19.7 Å². The van der Waals surface area contributed by atoms with Crippen LogP contribution in [0.3, 0.4) is 0 Å². The van der Waals surface area contributed by atoms with Gasteiger partial charge in [0.1, 0.15) is 13.2 Å². The number of benzene rings is 2. The SMILES string of the molecule is NC(=O)c1ccc(SCC(=O)Nc2nc(-c3ccc4c(c3)OCCO4)cs2)c([N+](=O)[O-])c1. The molecule has 0 radical (unpaired) electrons. The van der Waals surface area contributed by atoms with E-state index >= 15 is 0 Å². The second-order valence-corrected chi connectivity index (χ2v) is 8.41. The Labute approximate surface area is 189 Å². The predicted molar refractivity (Wildman–Crippen MR) is 120 cm³/mol. The molecule has 2 amide bonds. The number of rotatable bonds is 7. The summed E-state index contributed by atoms with van der Waals surface area (Å²) in [5, 5.41) is 16.2. The van der Waals surface area contributed by atoms with Crippen molar-refractivity contribution < 1.29 is 24.0 Å². The van der Waals surface area contributed by atoms with Gasteiger partial charge in [0.15, 0.2) is 16.6 Å². The van der Waals surface area contributed by atoms with E-state index < -0.39 is 10.8 Å². The molecule has 0 saturated carbocycles. The van der Waals surface area contributed by atoms with E-state index in [1.807, 2.05) is 23.6 Å². The number of carbonyl (C=O) groups is 2. The van der Waals surface area contributed by atoms with Crippen LogP contribution in [0.15, 0.2) is 46.7 Å². The third kappa shape index (κ3) is 4.81. The zero-order valence-electron chi connectivity index (χ0n) is 16.4. The minimum Gasteiger partial charge on any atom is -0.486 e. The van der Waals surface area contributed by atoms with Crippen molar-refractivity contribution in [3.63, 3.8) is 0 Å². The van der Waals surface area contributed by atoms with Gasteiger partial charge in [-0.05, 0) is 30.3 Å². The van der Waals surface area contributed by atoms with E-state index in [0.29, 0.717) is 35.5 Å². The number of primary amides is 1. The second-order valence-electron chi connectivity index (χ2n) is 6.54. The lowest BCUT2D eigenvalue weighted by atomic mass is 10.1. The fraction of sp³-hybridized carbons (Fsp3) is 0.150. The molecule has 1 aliphatic heterocycles. The maximum atomic E-state index is 12.3. The van der Waals surface area contributed by atoms with Crippen molar-refractivity contribution in [3.05, 3.63) is 57.5 Å². The zero-order chi connectivity index (χ0) is 22.7. The normalized spacial score (nSPS) is 12.2. The predicted octanol–water partition coefficient (Wildman–Crippen LogP) is 3.32. The molecule has 1 aliphatic rings. The quantitative estimate of drug-likeness (QED) is 0.302. The fourth-order valence-corrected chi connectivity index (χ4v) is 4.44. The molecule has 32 heavy (non-hydrogen) atoms. The number of nitro benzene ring substituents is 1. The summed E-state index contributed by atoms with van der Waals surface area (Å²) in [6.45, 7) is 0.992. The second kappa shape index (κ2) is 9.24. The molecule has 3 aromatic rings. The van der Waals surface area contributed by atoms with Gasteiger partial charge in [0.05, 0.1) is 21.3 Å². The van der Waals surface area contributed by atoms with Crippen LogP contribution < -0.4 is 20.5 Å². The maximum Gasteiger partial charge on any atom is 0.283 e. The Kier molecular flexibility index (Phi) is 6.23. The minimum absolute atomic E-state index is 0.0277. The molecule has 2 heterocycles. The first-order chi connectivity index (χ1) is 15.4. The van der Waals surface area contributed by atoms with E-state index in [4.69, 9.17) is 15.2 Å². The number of nitrogens with two attached hydrogens (primary N) is 1. The Bertz CT molecular complexity index is 1210. The monoisotopic (exact) mass is 472 g/mol. The summed E-state index contributed by atoms with van der Waals surface area (Å²) in [6.07, 6.45) is 0. The van der Waals surface area contributed by atoms with Crippen LogP contribution in [0.5, 0.6) is 11.5 Å². The Hall–Kier alpha value is -3.64. The van der Waals surface area contributed by atoms with Crippen molar-refractivity contribution >= 4 is 45.7 Å². The van der Waals surface area contributed by atoms with Gasteiger partial charge in [-0.15, -0.1) is 23.1 Å². The molecular formula is C20H16N4O6S2. The molecule has 0 bridgehead atoms. The lowest BCUT2D eigenvalue weighted by molar-refractivity contribution is -0.387. The van der Waals surface area contributed by atoms with E-state index in [1.54, 1.807) is 0 Å². The highest BCUT2D eigenvalue weighted by Crippen LogP contribution is 2.35. The van der Waals surface area contributed by atoms with E-state index in [1.165, 1.54) is 23.5 Å². The van der Waals surface area contributed by atoms with Gasteiger partial charge in [-0.1, -0.05) is 0 Å². The van der Waals surface area contributed by atoms with E-state index in [9.17, 15) is 19.7 Å². The number of anilines is 1. The van der Waals surface area contributed by atoms with Gasteiger partial charge in [0.25, 0.3) is 5.69 Å². The number of thiazole rings is 1. The fourth-order valence-electron chi connectivity index (χ4n) is 2.90. The van der Waals surface area contributed by atoms with Crippen LogP contribution in [0, 0.1) is 10.1 Å². The molecule has 3 N–H and O–H groups in total. The van der Waals surface area contributed by atoms with Crippen molar-refractivity contribution in [2.75, 3.05) is 24.3 Å². The van der Waals surface area contributed by atoms with Gasteiger partial charge in [-0.25, -0.2) is 4.98 Å². The average Bonchev–Trinajstić information content (AvgIpc) is 3.25. The number of hydrogen-bond acceptors (Lipinski definition) is 9. The summed E-state index contributed by atoms with van der Waals surface area (Å²) in [5.41, 5.74) is 6.41. The molecule has 0 aliphatic carbocycles. The van der Waals surface area contributed by atoms with Gasteiger partial charge in [0.2, 0.25) is 11.8 Å². The number of amides is 2. The molecule has 1 aromatic heterocycles. The maximum absolute atomic E-state index is 12.3. The van der Waals surface area contributed by atoms with Gasteiger partial charge >= 0.3 is 0 Å². The molecule has 4 rings (SSSR count). The molecule has 0 saturated heterocycles. The number of thioether (sulfide) groups is 1. The number of aromatic nitrogens is 1. The van der Waals surface area contributed by atoms with Gasteiger partial charge in [0, 0.05) is 22.6 Å². The van der Waals surface area contributed by atoms with E-state index in [2.05, 4.69) is 10.3 Å². The van der Waals surface area contributed by atoms with Crippen LogP contribution in [-0.4, -0.2) is 40.7 Å². The van der Waals surface area contributed by atoms with Crippen LogP contribution in [0.1, 0.15) is 10.4 Å². The van der Waals surface area contributed by atoms with Crippen molar-refractivity contribution in [1.29, 1.82) is 0 Å². The lowest BCUT2D eigenvalue weighted by Gasteiger charge is -2.18. The average molecular weight is 473 g/mol. The van der Waals surface area contributed by atoms with Crippen molar-refractivity contribution in [3.8, 4) is 22.8 Å². The molecule has 10 nitrogen and oxygen atoms in total.